The number of imide groups is 4. The molecule has 0 N–H and O–H groups in total. The van der Waals surface area contributed by atoms with Gasteiger partial charge in [0.1, 0.15) is 0 Å². The van der Waals surface area contributed by atoms with Gasteiger partial charge in [-0.3, -0.25) is 24.0 Å². The first-order valence-corrected chi connectivity index (χ1v) is 6.05. The van der Waals surface area contributed by atoms with Gasteiger partial charge in [-0.25, -0.2) is 9.69 Å². The molecule has 0 unspecified atom stereocenters. The summed E-state index contributed by atoms with van der Waals surface area (Å²) in [5.74, 6) is -4.64. The average molecular weight is 294 g/mol. The zero-order valence-electron chi connectivity index (χ0n) is 10.7. The summed E-state index contributed by atoms with van der Waals surface area (Å²) in [7, 11) is 0. The lowest BCUT2D eigenvalue weighted by atomic mass is 10.3. The number of hydrogen-bond acceptors (Lipinski definition) is 7. The Bertz CT molecular complexity index is 558. The number of amides is 5. The van der Waals surface area contributed by atoms with Crippen molar-refractivity contribution >= 4 is 35.5 Å². The molecule has 0 atom stereocenters. The van der Waals surface area contributed by atoms with E-state index in [9.17, 15) is 28.8 Å². The maximum atomic E-state index is 11.6. The second kappa shape index (κ2) is 5.65. The van der Waals surface area contributed by atoms with Gasteiger partial charge in [-0.05, 0) is 0 Å². The number of carbonyl (C=O) groups is 6. The first kappa shape index (κ1) is 14.6. The van der Waals surface area contributed by atoms with E-state index in [1.165, 1.54) is 0 Å². The van der Waals surface area contributed by atoms with E-state index >= 15 is 0 Å². The molecule has 0 aliphatic carbocycles. The monoisotopic (exact) mass is 294 g/mol. The van der Waals surface area contributed by atoms with Crippen LogP contribution in [-0.2, 0) is 33.6 Å². The molecule has 0 radical (unpaired) electrons. The van der Waals surface area contributed by atoms with Crippen molar-refractivity contribution in [1.82, 2.24) is 9.96 Å². The lowest BCUT2D eigenvalue weighted by molar-refractivity contribution is -0.197. The minimum atomic E-state index is -0.973. The van der Waals surface area contributed by atoms with Crippen LogP contribution in [0, 0.1) is 0 Å². The van der Waals surface area contributed by atoms with E-state index in [2.05, 4.69) is 4.84 Å². The molecule has 0 saturated carbocycles. The Morgan fingerprint density at radius 1 is 0.952 bits per heavy atom. The summed E-state index contributed by atoms with van der Waals surface area (Å²) in [6, 6.07) is 0. The second-order valence-corrected chi connectivity index (χ2v) is 4.28. The standard InChI is InChI=1S/C12H10N2O7/c15-7-1-2-8(16)13(7)9(17)5-6-12(20)21-14-10(18)3-4-11(14)19/h1-2H,3-6H2. The highest BCUT2D eigenvalue weighted by Gasteiger charge is 2.34. The summed E-state index contributed by atoms with van der Waals surface area (Å²) in [4.78, 5) is 72.9. The van der Waals surface area contributed by atoms with Crippen molar-refractivity contribution in [2.45, 2.75) is 25.7 Å². The molecule has 2 rings (SSSR count). The molecule has 2 aliphatic rings. The van der Waals surface area contributed by atoms with E-state index in [1.54, 1.807) is 0 Å². The van der Waals surface area contributed by atoms with Crippen LogP contribution in [0.2, 0.25) is 0 Å². The van der Waals surface area contributed by atoms with Crippen LogP contribution in [0.5, 0.6) is 0 Å². The number of hydrogen-bond donors (Lipinski definition) is 0. The highest BCUT2D eigenvalue weighted by atomic mass is 16.7. The summed E-state index contributed by atoms with van der Waals surface area (Å²) >= 11 is 0. The normalized spacial score (nSPS) is 17.9. The number of carbonyl (C=O) groups excluding carboxylic acids is 6. The van der Waals surface area contributed by atoms with Gasteiger partial charge in [0.2, 0.25) is 5.91 Å². The highest BCUT2D eigenvalue weighted by molar-refractivity contribution is 6.22. The smallest absolute Gasteiger partial charge is 0.330 e. The third kappa shape index (κ3) is 3.02. The van der Waals surface area contributed by atoms with Gasteiger partial charge in [-0.15, -0.1) is 5.06 Å². The maximum Gasteiger partial charge on any atom is 0.333 e. The zero-order valence-corrected chi connectivity index (χ0v) is 10.7. The summed E-state index contributed by atoms with van der Waals surface area (Å²) in [5, 5.41) is 0.362. The van der Waals surface area contributed by atoms with Crippen LogP contribution in [0.25, 0.3) is 0 Å². The molecule has 0 spiro atoms. The van der Waals surface area contributed by atoms with Crippen molar-refractivity contribution in [3.63, 3.8) is 0 Å². The average Bonchev–Trinajstić information content (AvgIpc) is 2.93. The van der Waals surface area contributed by atoms with Gasteiger partial charge in [0, 0.05) is 31.4 Å². The Kier molecular flexibility index (Phi) is 3.92. The van der Waals surface area contributed by atoms with Crippen LogP contribution in [0.1, 0.15) is 25.7 Å². The predicted octanol–water partition coefficient (Wildman–Crippen LogP) is -1.17. The molecule has 0 aromatic rings. The van der Waals surface area contributed by atoms with E-state index in [0.29, 0.717) is 9.96 Å². The summed E-state index contributed by atoms with van der Waals surface area (Å²) in [5.41, 5.74) is 0. The molecule has 0 bridgehead atoms. The molecule has 2 aliphatic heterocycles. The molecule has 110 valence electrons. The van der Waals surface area contributed by atoms with Gasteiger partial charge >= 0.3 is 5.97 Å². The van der Waals surface area contributed by atoms with E-state index in [0.717, 1.165) is 12.2 Å². The number of rotatable bonds is 4. The molecule has 5 amide bonds. The molecule has 9 nitrogen and oxygen atoms in total. The van der Waals surface area contributed by atoms with Crippen LogP contribution in [0.15, 0.2) is 12.2 Å². The van der Waals surface area contributed by atoms with E-state index in [1.807, 2.05) is 0 Å². The lowest BCUT2D eigenvalue weighted by Gasteiger charge is -2.13. The molecular weight excluding hydrogens is 284 g/mol. The van der Waals surface area contributed by atoms with Gasteiger partial charge < -0.3 is 4.84 Å². The molecule has 0 aromatic heterocycles. The molecule has 0 aromatic carbocycles. The fourth-order valence-corrected chi connectivity index (χ4v) is 1.77. The third-order valence-corrected chi connectivity index (χ3v) is 2.80. The van der Waals surface area contributed by atoms with Crippen molar-refractivity contribution in [2.24, 2.45) is 0 Å². The Morgan fingerprint density at radius 3 is 2.00 bits per heavy atom. The zero-order chi connectivity index (χ0) is 15.6. The maximum absolute atomic E-state index is 11.6. The quantitative estimate of drug-likeness (QED) is 0.599. The minimum absolute atomic E-state index is 0.0342. The Morgan fingerprint density at radius 2 is 1.48 bits per heavy atom. The van der Waals surface area contributed by atoms with E-state index in [4.69, 9.17) is 0 Å². The molecule has 9 heteroatoms. The fraction of sp³-hybridized carbons (Fsp3) is 0.333. The van der Waals surface area contributed by atoms with E-state index in [-0.39, 0.29) is 12.8 Å². The third-order valence-electron chi connectivity index (χ3n) is 2.80. The van der Waals surface area contributed by atoms with Crippen LogP contribution in [-0.4, -0.2) is 45.5 Å². The van der Waals surface area contributed by atoms with Crippen molar-refractivity contribution < 1.29 is 33.6 Å². The number of nitrogens with zero attached hydrogens (tertiary/aromatic N) is 2. The summed E-state index contributed by atoms with van der Waals surface area (Å²) in [6.45, 7) is 0. The Hall–Kier alpha value is -2.84. The van der Waals surface area contributed by atoms with Crippen molar-refractivity contribution in [2.75, 3.05) is 0 Å². The van der Waals surface area contributed by atoms with Crippen LogP contribution in [0.4, 0.5) is 0 Å². The summed E-state index contributed by atoms with van der Waals surface area (Å²) < 4.78 is 0. The topological polar surface area (TPSA) is 118 Å². The van der Waals surface area contributed by atoms with Gasteiger partial charge in [0.15, 0.2) is 0 Å². The van der Waals surface area contributed by atoms with Gasteiger partial charge in [0.05, 0.1) is 6.42 Å². The molecular formula is C12H10N2O7. The highest BCUT2D eigenvalue weighted by Crippen LogP contribution is 2.13. The first-order chi connectivity index (χ1) is 9.90. The molecule has 21 heavy (non-hydrogen) atoms. The van der Waals surface area contributed by atoms with Crippen LogP contribution >= 0.6 is 0 Å². The second-order valence-electron chi connectivity index (χ2n) is 4.28. The molecule has 2 heterocycles. The van der Waals surface area contributed by atoms with Gasteiger partial charge in [-0.1, -0.05) is 0 Å². The van der Waals surface area contributed by atoms with Gasteiger partial charge in [-0.2, -0.15) is 0 Å². The largest absolute Gasteiger partial charge is 0.333 e. The molecule has 1 saturated heterocycles. The number of hydroxylamine groups is 2. The van der Waals surface area contributed by atoms with Crippen molar-refractivity contribution in [3.05, 3.63) is 12.2 Å². The van der Waals surface area contributed by atoms with Crippen LogP contribution in [0.3, 0.4) is 0 Å². The van der Waals surface area contributed by atoms with Crippen molar-refractivity contribution in [3.8, 4) is 0 Å². The minimum Gasteiger partial charge on any atom is -0.330 e. The first-order valence-electron chi connectivity index (χ1n) is 6.05. The van der Waals surface area contributed by atoms with E-state index < -0.39 is 48.3 Å². The SMILES string of the molecule is O=C(CCC(=O)N1C(=O)C=CC1=O)ON1C(=O)CCC1=O. The Labute approximate surface area is 118 Å². The van der Waals surface area contributed by atoms with Crippen LogP contribution < -0.4 is 0 Å². The Balaban J connectivity index is 1.83. The fourth-order valence-electron chi connectivity index (χ4n) is 1.77. The predicted molar refractivity (Wildman–Crippen MR) is 62.4 cm³/mol. The molecule has 1 fully saturated rings. The van der Waals surface area contributed by atoms with Gasteiger partial charge in [0.25, 0.3) is 23.6 Å². The lowest BCUT2D eigenvalue weighted by Crippen LogP contribution is -2.37. The summed E-state index contributed by atoms with van der Waals surface area (Å²) in [6.07, 6.45) is 0.905. The van der Waals surface area contributed by atoms with Crippen molar-refractivity contribution in [1.29, 1.82) is 0 Å².